The standard InChI is InChI=1S/C8H22N4/c1-8(10)2-4-11-6-7-12-5-3-9/h8,11-12H,2-7,9-10H2,1H3. The van der Waals surface area contributed by atoms with Crippen molar-refractivity contribution in [3.63, 3.8) is 0 Å². The van der Waals surface area contributed by atoms with Gasteiger partial charge in [0.1, 0.15) is 0 Å². The van der Waals surface area contributed by atoms with E-state index in [1.165, 1.54) is 0 Å². The highest BCUT2D eigenvalue weighted by Crippen LogP contribution is 1.80. The molecule has 0 aliphatic heterocycles. The summed E-state index contributed by atoms with van der Waals surface area (Å²) in [5, 5.41) is 6.50. The van der Waals surface area contributed by atoms with Crippen LogP contribution in [-0.4, -0.2) is 38.8 Å². The molecule has 0 bridgehead atoms. The van der Waals surface area contributed by atoms with Gasteiger partial charge in [0.25, 0.3) is 0 Å². The quantitative estimate of drug-likeness (QED) is 0.351. The van der Waals surface area contributed by atoms with E-state index in [9.17, 15) is 0 Å². The average Bonchev–Trinajstić information content (AvgIpc) is 2.02. The molecule has 0 aromatic heterocycles. The van der Waals surface area contributed by atoms with Gasteiger partial charge >= 0.3 is 0 Å². The second-order valence-corrected chi connectivity index (χ2v) is 3.05. The van der Waals surface area contributed by atoms with Crippen LogP contribution in [-0.2, 0) is 0 Å². The average molecular weight is 174 g/mol. The van der Waals surface area contributed by atoms with E-state index >= 15 is 0 Å². The lowest BCUT2D eigenvalue weighted by Gasteiger charge is -2.07. The zero-order valence-electron chi connectivity index (χ0n) is 7.97. The van der Waals surface area contributed by atoms with Crippen molar-refractivity contribution in [3.05, 3.63) is 0 Å². The number of hydrogen-bond acceptors (Lipinski definition) is 4. The second-order valence-electron chi connectivity index (χ2n) is 3.05. The molecule has 1 unspecified atom stereocenters. The van der Waals surface area contributed by atoms with Crippen LogP contribution >= 0.6 is 0 Å². The Hall–Kier alpha value is -0.160. The minimum Gasteiger partial charge on any atom is -0.329 e. The van der Waals surface area contributed by atoms with Crippen LogP contribution in [0.1, 0.15) is 13.3 Å². The van der Waals surface area contributed by atoms with E-state index in [1.54, 1.807) is 0 Å². The first kappa shape index (κ1) is 11.8. The van der Waals surface area contributed by atoms with Crippen LogP contribution in [0.4, 0.5) is 0 Å². The normalized spacial score (nSPS) is 13.2. The fraction of sp³-hybridized carbons (Fsp3) is 1.00. The predicted molar refractivity (Wildman–Crippen MR) is 53.1 cm³/mol. The summed E-state index contributed by atoms with van der Waals surface area (Å²) in [5.74, 6) is 0. The minimum atomic E-state index is 0.300. The van der Waals surface area contributed by atoms with E-state index in [-0.39, 0.29) is 0 Å². The summed E-state index contributed by atoms with van der Waals surface area (Å²) in [5.41, 5.74) is 10.9. The van der Waals surface area contributed by atoms with E-state index in [1.807, 2.05) is 6.92 Å². The third kappa shape index (κ3) is 9.84. The van der Waals surface area contributed by atoms with Gasteiger partial charge in [-0.15, -0.1) is 0 Å². The molecule has 12 heavy (non-hydrogen) atoms. The molecular formula is C8H22N4. The number of hydrogen-bond donors (Lipinski definition) is 4. The molecule has 4 heteroatoms. The van der Waals surface area contributed by atoms with Crippen molar-refractivity contribution in [1.29, 1.82) is 0 Å². The molecule has 0 amide bonds. The SMILES string of the molecule is CC(N)CCNCCNCCN. The lowest BCUT2D eigenvalue weighted by Crippen LogP contribution is -2.32. The highest BCUT2D eigenvalue weighted by atomic mass is 14.9. The maximum Gasteiger partial charge on any atom is 0.00772 e. The van der Waals surface area contributed by atoms with Gasteiger partial charge in [-0.25, -0.2) is 0 Å². The first-order valence-electron chi connectivity index (χ1n) is 4.64. The van der Waals surface area contributed by atoms with E-state index in [0.717, 1.165) is 32.6 Å². The van der Waals surface area contributed by atoms with E-state index < -0.39 is 0 Å². The zero-order chi connectivity index (χ0) is 9.23. The minimum absolute atomic E-state index is 0.300. The first-order valence-corrected chi connectivity index (χ1v) is 4.64. The summed E-state index contributed by atoms with van der Waals surface area (Å²) in [4.78, 5) is 0. The van der Waals surface area contributed by atoms with Crippen molar-refractivity contribution in [2.75, 3.05) is 32.7 Å². The molecular weight excluding hydrogens is 152 g/mol. The Morgan fingerprint density at radius 1 is 1.08 bits per heavy atom. The van der Waals surface area contributed by atoms with Gasteiger partial charge in [-0.2, -0.15) is 0 Å². The summed E-state index contributed by atoms with van der Waals surface area (Å²) in [6.45, 7) is 6.61. The highest BCUT2D eigenvalue weighted by molar-refractivity contribution is 4.57. The molecule has 4 nitrogen and oxygen atoms in total. The van der Waals surface area contributed by atoms with Crippen molar-refractivity contribution in [1.82, 2.24) is 10.6 Å². The largest absolute Gasteiger partial charge is 0.329 e. The van der Waals surface area contributed by atoms with Gasteiger partial charge in [-0.05, 0) is 19.9 Å². The van der Waals surface area contributed by atoms with Crippen LogP contribution < -0.4 is 22.1 Å². The molecule has 0 rings (SSSR count). The second kappa shape index (κ2) is 8.93. The molecule has 0 radical (unpaired) electrons. The molecule has 0 saturated heterocycles. The predicted octanol–water partition coefficient (Wildman–Crippen LogP) is -1.14. The zero-order valence-corrected chi connectivity index (χ0v) is 7.97. The van der Waals surface area contributed by atoms with Gasteiger partial charge in [-0.3, -0.25) is 0 Å². The van der Waals surface area contributed by atoms with E-state index in [4.69, 9.17) is 11.5 Å². The molecule has 0 aliphatic rings. The van der Waals surface area contributed by atoms with Crippen molar-refractivity contribution < 1.29 is 0 Å². The summed E-state index contributed by atoms with van der Waals surface area (Å²) in [6.07, 6.45) is 1.04. The molecule has 1 atom stereocenters. The van der Waals surface area contributed by atoms with Crippen LogP contribution in [0, 0.1) is 0 Å². The summed E-state index contributed by atoms with van der Waals surface area (Å²) >= 11 is 0. The molecule has 0 fully saturated rings. The topological polar surface area (TPSA) is 76.1 Å². The summed E-state index contributed by atoms with van der Waals surface area (Å²) in [6, 6.07) is 0.300. The van der Waals surface area contributed by atoms with E-state index in [2.05, 4.69) is 10.6 Å². The Balaban J connectivity index is 2.82. The van der Waals surface area contributed by atoms with Gasteiger partial charge in [0.05, 0.1) is 0 Å². The van der Waals surface area contributed by atoms with Crippen molar-refractivity contribution >= 4 is 0 Å². The van der Waals surface area contributed by atoms with Crippen LogP contribution in [0.25, 0.3) is 0 Å². The lowest BCUT2D eigenvalue weighted by atomic mass is 10.2. The number of nitrogens with two attached hydrogens (primary N) is 2. The van der Waals surface area contributed by atoms with Gasteiger partial charge in [0.15, 0.2) is 0 Å². The lowest BCUT2D eigenvalue weighted by molar-refractivity contribution is 0.567. The Morgan fingerprint density at radius 2 is 1.67 bits per heavy atom. The Labute approximate surface area is 75.1 Å². The van der Waals surface area contributed by atoms with Gasteiger partial charge in [0, 0.05) is 32.2 Å². The fourth-order valence-electron chi connectivity index (χ4n) is 0.859. The summed E-state index contributed by atoms with van der Waals surface area (Å²) in [7, 11) is 0. The maximum absolute atomic E-state index is 5.58. The Kier molecular flexibility index (Phi) is 8.81. The monoisotopic (exact) mass is 174 g/mol. The molecule has 0 spiro atoms. The van der Waals surface area contributed by atoms with Crippen LogP contribution in [0.15, 0.2) is 0 Å². The van der Waals surface area contributed by atoms with Crippen molar-refractivity contribution in [2.24, 2.45) is 11.5 Å². The molecule has 0 aliphatic carbocycles. The van der Waals surface area contributed by atoms with E-state index in [0.29, 0.717) is 12.6 Å². The third-order valence-electron chi connectivity index (χ3n) is 1.58. The molecule has 0 aromatic carbocycles. The Bertz CT molecular complexity index is 85.1. The fourth-order valence-corrected chi connectivity index (χ4v) is 0.859. The van der Waals surface area contributed by atoms with Crippen molar-refractivity contribution in [3.8, 4) is 0 Å². The molecule has 0 aromatic rings. The first-order chi connectivity index (χ1) is 5.77. The third-order valence-corrected chi connectivity index (χ3v) is 1.58. The number of rotatable bonds is 8. The maximum atomic E-state index is 5.58. The Morgan fingerprint density at radius 3 is 2.17 bits per heavy atom. The van der Waals surface area contributed by atoms with Crippen LogP contribution in [0.5, 0.6) is 0 Å². The summed E-state index contributed by atoms with van der Waals surface area (Å²) < 4.78 is 0. The van der Waals surface area contributed by atoms with Crippen LogP contribution in [0.3, 0.4) is 0 Å². The van der Waals surface area contributed by atoms with Crippen molar-refractivity contribution in [2.45, 2.75) is 19.4 Å². The van der Waals surface area contributed by atoms with Crippen LogP contribution in [0.2, 0.25) is 0 Å². The van der Waals surface area contributed by atoms with Gasteiger partial charge < -0.3 is 22.1 Å². The molecule has 0 saturated carbocycles. The van der Waals surface area contributed by atoms with Gasteiger partial charge in [-0.1, -0.05) is 0 Å². The molecule has 6 N–H and O–H groups in total. The highest BCUT2D eigenvalue weighted by Gasteiger charge is 1.92. The molecule has 74 valence electrons. The number of nitrogens with one attached hydrogen (secondary N) is 2. The van der Waals surface area contributed by atoms with Gasteiger partial charge in [0.2, 0.25) is 0 Å². The molecule has 0 heterocycles. The smallest absolute Gasteiger partial charge is 0.00772 e.